The fraction of sp³-hybridized carbons (Fsp3) is 0. The van der Waals surface area contributed by atoms with Gasteiger partial charge in [-0.05, 0) is 34.7 Å². The van der Waals surface area contributed by atoms with E-state index in [1.807, 2.05) is 18.3 Å². The minimum atomic E-state index is 1.03. The lowest BCUT2D eigenvalue weighted by atomic mass is 10.4. The molecule has 0 aliphatic heterocycles. The number of fused-ring (bicyclic) bond motifs is 1. The van der Waals surface area contributed by atoms with Crippen LogP contribution in [0.15, 0.2) is 24.5 Å². The first-order chi connectivity index (χ1) is 4.86. The molecule has 0 spiro atoms. The number of aromatic nitrogens is 3. The summed E-state index contributed by atoms with van der Waals surface area (Å²) in [5, 5.41) is 7.59. The van der Waals surface area contributed by atoms with Crippen molar-refractivity contribution in [2.75, 3.05) is 0 Å². The fourth-order valence-electron chi connectivity index (χ4n) is 0.796. The van der Waals surface area contributed by atoms with Gasteiger partial charge < -0.3 is 0 Å². The summed E-state index contributed by atoms with van der Waals surface area (Å²) in [6, 6.07) is 4.01. The molecule has 0 saturated carbocycles. The molecule has 2 aromatic heterocycles. The molecule has 0 aliphatic carbocycles. The largest absolute Gasteiger partial charge is 0.220 e. The van der Waals surface area contributed by atoms with E-state index >= 15 is 0 Å². The molecule has 3 nitrogen and oxygen atoms in total. The number of hydrogen-bond donors (Lipinski definition) is 0. The van der Waals surface area contributed by atoms with Crippen molar-refractivity contribution in [2.45, 2.75) is 0 Å². The number of hydrogen-bond acceptors (Lipinski definition) is 2. The average Bonchev–Trinajstić information content (AvgIpc) is 2.33. The SMILES string of the molecule is Ic1ccc2cnnn2c1. The standard InChI is InChI=1S/C6H4IN3/c7-5-1-2-6-3-8-9-10(6)4-5/h1-4H. The fourth-order valence-corrected chi connectivity index (χ4v) is 1.24. The van der Waals surface area contributed by atoms with Crippen molar-refractivity contribution in [1.29, 1.82) is 0 Å². The van der Waals surface area contributed by atoms with Crippen molar-refractivity contribution in [3.05, 3.63) is 28.1 Å². The van der Waals surface area contributed by atoms with Crippen LogP contribution in [0.1, 0.15) is 0 Å². The molecule has 2 rings (SSSR count). The van der Waals surface area contributed by atoms with Gasteiger partial charge in [0.05, 0.1) is 11.7 Å². The van der Waals surface area contributed by atoms with E-state index in [1.54, 1.807) is 10.7 Å². The Labute approximate surface area is 71.2 Å². The lowest BCUT2D eigenvalue weighted by Gasteiger charge is -1.89. The molecule has 0 aliphatic rings. The minimum absolute atomic E-state index is 1.03. The van der Waals surface area contributed by atoms with E-state index in [4.69, 9.17) is 0 Å². The molecule has 0 fully saturated rings. The highest BCUT2D eigenvalue weighted by atomic mass is 127. The molecule has 10 heavy (non-hydrogen) atoms. The first-order valence-corrected chi connectivity index (χ1v) is 3.90. The zero-order chi connectivity index (χ0) is 6.97. The molecule has 2 aromatic rings. The van der Waals surface area contributed by atoms with Crippen LogP contribution in [0.2, 0.25) is 0 Å². The molecule has 50 valence electrons. The van der Waals surface area contributed by atoms with Gasteiger partial charge in [0.1, 0.15) is 0 Å². The predicted molar refractivity (Wildman–Crippen MR) is 45.7 cm³/mol. The quantitative estimate of drug-likeness (QED) is 0.655. The summed E-state index contributed by atoms with van der Waals surface area (Å²) >= 11 is 2.24. The van der Waals surface area contributed by atoms with Crippen LogP contribution >= 0.6 is 22.6 Å². The zero-order valence-corrected chi connectivity index (χ0v) is 7.19. The molecule has 4 heteroatoms. The normalized spacial score (nSPS) is 10.5. The van der Waals surface area contributed by atoms with Crippen LogP contribution in [0.5, 0.6) is 0 Å². The Bertz CT molecular complexity index is 355. The number of halogens is 1. The number of rotatable bonds is 0. The van der Waals surface area contributed by atoms with Crippen molar-refractivity contribution in [1.82, 2.24) is 14.8 Å². The predicted octanol–water partition coefficient (Wildman–Crippen LogP) is 1.33. The summed E-state index contributed by atoms with van der Waals surface area (Å²) in [5.74, 6) is 0. The summed E-state index contributed by atoms with van der Waals surface area (Å²) in [6.07, 6.45) is 3.67. The van der Waals surface area contributed by atoms with Gasteiger partial charge in [0, 0.05) is 9.77 Å². The highest BCUT2D eigenvalue weighted by Crippen LogP contribution is 2.05. The number of pyridine rings is 1. The Balaban J connectivity index is 2.86. The van der Waals surface area contributed by atoms with Crippen LogP contribution in [-0.2, 0) is 0 Å². The summed E-state index contributed by atoms with van der Waals surface area (Å²) in [4.78, 5) is 0. The van der Waals surface area contributed by atoms with Crippen molar-refractivity contribution < 1.29 is 0 Å². The van der Waals surface area contributed by atoms with Crippen molar-refractivity contribution in [2.24, 2.45) is 0 Å². The Kier molecular flexibility index (Phi) is 1.33. The van der Waals surface area contributed by atoms with Gasteiger partial charge in [0.25, 0.3) is 0 Å². The Morgan fingerprint density at radius 1 is 1.40 bits per heavy atom. The first-order valence-electron chi connectivity index (χ1n) is 2.82. The zero-order valence-electron chi connectivity index (χ0n) is 5.03. The topological polar surface area (TPSA) is 30.2 Å². The van der Waals surface area contributed by atoms with Crippen LogP contribution in [0.25, 0.3) is 5.52 Å². The maximum absolute atomic E-state index is 3.84. The van der Waals surface area contributed by atoms with Crippen LogP contribution in [-0.4, -0.2) is 14.8 Å². The van der Waals surface area contributed by atoms with Gasteiger partial charge >= 0.3 is 0 Å². The molecule has 2 heterocycles. The highest BCUT2D eigenvalue weighted by molar-refractivity contribution is 14.1. The van der Waals surface area contributed by atoms with Gasteiger partial charge in [-0.2, -0.15) is 0 Å². The summed E-state index contributed by atoms with van der Waals surface area (Å²) in [7, 11) is 0. The van der Waals surface area contributed by atoms with E-state index in [1.165, 1.54) is 0 Å². The van der Waals surface area contributed by atoms with E-state index in [-0.39, 0.29) is 0 Å². The maximum atomic E-state index is 3.84. The highest BCUT2D eigenvalue weighted by Gasteiger charge is 1.92. The van der Waals surface area contributed by atoms with Crippen molar-refractivity contribution in [3.8, 4) is 0 Å². The van der Waals surface area contributed by atoms with Gasteiger partial charge in [-0.15, -0.1) is 5.10 Å². The lowest BCUT2D eigenvalue weighted by molar-refractivity contribution is 0.852. The third-order valence-electron chi connectivity index (χ3n) is 1.26. The second-order valence-corrected chi connectivity index (χ2v) is 3.20. The monoisotopic (exact) mass is 245 g/mol. The van der Waals surface area contributed by atoms with Crippen molar-refractivity contribution in [3.63, 3.8) is 0 Å². The molecular formula is C6H4IN3. The molecule has 0 amide bonds. The van der Waals surface area contributed by atoms with Crippen LogP contribution in [0.4, 0.5) is 0 Å². The number of nitrogens with zero attached hydrogens (tertiary/aromatic N) is 3. The van der Waals surface area contributed by atoms with Crippen LogP contribution in [0.3, 0.4) is 0 Å². The molecule has 0 N–H and O–H groups in total. The average molecular weight is 245 g/mol. The minimum Gasteiger partial charge on any atom is -0.220 e. The Morgan fingerprint density at radius 3 is 3.20 bits per heavy atom. The third-order valence-corrected chi connectivity index (χ3v) is 1.90. The molecule has 0 radical (unpaired) electrons. The van der Waals surface area contributed by atoms with E-state index < -0.39 is 0 Å². The molecule has 0 aromatic carbocycles. The van der Waals surface area contributed by atoms with Crippen molar-refractivity contribution >= 4 is 28.1 Å². The lowest BCUT2D eigenvalue weighted by Crippen LogP contribution is -1.86. The molecule has 0 saturated heterocycles. The Morgan fingerprint density at radius 2 is 2.30 bits per heavy atom. The van der Waals surface area contributed by atoms with Gasteiger partial charge in [0.2, 0.25) is 0 Å². The van der Waals surface area contributed by atoms with Crippen LogP contribution in [0, 0.1) is 3.57 Å². The van der Waals surface area contributed by atoms with E-state index in [0.717, 1.165) is 9.09 Å². The summed E-state index contributed by atoms with van der Waals surface area (Å²) in [6.45, 7) is 0. The Hall–Kier alpha value is -0.650. The first kappa shape index (κ1) is 6.09. The molecule has 0 atom stereocenters. The van der Waals surface area contributed by atoms with E-state index in [0.29, 0.717) is 0 Å². The van der Waals surface area contributed by atoms with E-state index in [9.17, 15) is 0 Å². The summed E-state index contributed by atoms with van der Waals surface area (Å²) < 4.78 is 2.91. The van der Waals surface area contributed by atoms with Gasteiger partial charge in [-0.25, -0.2) is 4.52 Å². The summed E-state index contributed by atoms with van der Waals surface area (Å²) in [5.41, 5.74) is 1.03. The molecular weight excluding hydrogens is 241 g/mol. The third kappa shape index (κ3) is 0.880. The molecule has 0 unspecified atom stereocenters. The second-order valence-electron chi connectivity index (χ2n) is 1.95. The smallest absolute Gasteiger partial charge is 0.0865 e. The van der Waals surface area contributed by atoms with Gasteiger partial charge in [0.15, 0.2) is 0 Å². The van der Waals surface area contributed by atoms with Gasteiger partial charge in [-0.3, -0.25) is 0 Å². The van der Waals surface area contributed by atoms with E-state index in [2.05, 4.69) is 32.9 Å². The van der Waals surface area contributed by atoms with Gasteiger partial charge in [-0.1, -0.05) is 5.21 Å². The maximum Gasteiger partial charge on any atom is 0.0865 e. The second kappa shape index (κ2) is 2.19. The molecule has 0 bridgehead atoms. The van der Waals surface area contributed by atoms with Crippen LogP contribution < -0.4 is 0 Å².